The van der Waals surface area contributed by atoms with Gasteiger partial charge in [0.25, 0.3) is 0 Å². The number of ether oxygens (including phenoxy) is 5. The quantitative estimate of drug-likeness (QED) is 0.229. The standard InChI is InChI=1S/C32H40O5/c1-3-5-21-33-32-31(36-24-27-19-13-8-14-20-27)30(35-23-26-17-11-7-12-18-26)29(28(4-2)37-32)34-22-25-15-9-6-10-16-25/h6-20,28-32H,3-5,21-24H2,1-2H3/t28-,29-,30+,31-,32+/m1/s1. The third-order valence-corrected chi connectivity index (χ3v) is 6.63. The molecule has 3 aromatic rings. The van der Waals surface area contributed by atoms with Crippen LogP contribution in [0.1, 0.15) is 49.8 Å². The molecular weight excluding hydrogens is 464 g/mol. The Morgan fingerprint density at radius 2 is 1.03 bits per heavy atom. The largest absolute Gasteiger partial charge is 0.368 e. The van der Waals surface area contributed by atoms with Crippen molar-refractivity contribution in [3.8, 4) is 0 Å². The van der Waals surface area contributed by atoms with Gasteiger partial charge in [0.15, 0.2) is 6.29 Å². The summed E-state index contributed by atoms with van der Waals surface area (Å²) < 4.78 is 32.5. The van der Waals surface area contributed by atoms with Gasteiger partial charge in [-0.15, -0.1) is 0 Å². The first-order valence-electron chi connectivity index (χ1n) is 13.5. The highest BCUT2D eigenvalue weighted by atomic mass is 16.7. The molecule has 3 aromatic carbocycles. The summed E-state index contributed by atoms with van der Waals surface area (Å²) in [7, 11) is 0. The van der Waals surface area contributed by atoms with Gasteiger partial charge in [-0.05, 0) is 29.5 Å². The second-order valence-corrected chi connectivity index (χ2v) is 9.46. The molecule has 1 aliphatic rings. The first-order valence-corrected chi connectivity index (χ1v) is 13.5. The van der Waals surface area contributed by atoms with Gasteiger partial charge in [0, 0.05) is 6.61 Å². The van der Waals surface area contributed by atoms with Crippen LogP contribution in [-0.2, 0) is 43.5 Å². The summed E-state index contributed by atoms with van der Waals surface area (Å²) in [6.07, 6.45) is 0.985. The van der Waals surface area contributed by atoms with E-state index in [4.69, 9.17) is 23.7 Å². The summed E-state index contributed by atoms with van der Waals surface area (Å²) in [5, 5.41) is 0. The van der Waals surface area contributed by atoms with Crippen LogP contribution in [0.25, 0.3) is 0 Å². The molecule has 37 heavy (non-hydrogen) atoms. The van der Waals surface area contributed by atoms with Gasteiger partial charge in [0.05, 0.1) is 25.9 Å². The van der Waals surface area contributed by atoms with E-state index in [1.807, 2.05) is 54.6 Å². The maximum Gasteiger partial charge on any atom is 0.186 e. The third kappa shape index (κ3) is 8.22. The van der Waals surface area contributed by atoms with Crippen molar-refractivity contribution in [3.05, 3.63) is 108 Å². The highest BCUT2D eigenvalue weighted by molar-refractivity contribution is 5.15. The van der Waals surface area contributed by atoms with Gasteiger partial charge in [-0.25, -0.2) is 0 Å². The lowest BCUT2D eigenvalue weighted by molar-refractivity contribution is -0.323. The lowest BCUT2D eigenvalue weighted by atomic mass is 9.96. The molecule has 1 saturated heterocycles. The van der Waals surface area contributed by atoms with Crippen molar-refractivity contribution in [2.45, 2.75) is 83.6 Å². The molecule has 0 spiro atoms. The molecule has 0 aliphatic carbocycles. The Balaban J connectivity index is 1.58. The van der Waals surface area contributed by atoms with Gasteiger partial charge in [-0.3, -0.25) is 0 Å². The van der Waals surface area contributed by atoms with Crippen LogP contribution in [0.5, 0.6) is 0 Å². The van der Waals surface area contributed by atoms with Crippen molar-refractivity contribution in [2.75, 3.05) is 6.61 Å². The lowest BCUT2D eigenvalue weighted by Crippen LogP contribution is -2.60. The van der Waals surface area contributed by atoms with Crippen molar-refractivity contribution < 1.29 is 23.7 Å². The molecule has 0 N–H and O–H groups in total. The molecule has 5 atom stereocenters. The fourth-order valence-corrected chi connectivity index (χ4v) is 4.55. The Kier molecular flexibility index (Phi) is 11.2. The van der Waals surface area contributed by atoms with Crippen molar-refractivity contribution in [1.29, 1.82) is 0 Å². The molecule has 0 unspecified atom stereocenters. The predicted molar refractivity (Wildman–Crippen MR) is 145 cm³/mol. The maximum absolute atomic E-state index is 6.63. The average Bonchev–Trinajstić information content (AvgIpc) is 2.96. The monoisotopic (exact) mass is 504 g/mol. The minimum absolute atomic E-state index is 0.173. The van der Waals surface area contributed by atoms with E-state index in [0.29, 0.717) is 26.4 Å². The average molecular weight is 505 g/mol. The second kappa shape index (κ2) is 15.0. The van der Waals surface area contributed by atoms with Crippen molar-refractivity contribution in [2.24, 2.45) is 0 Å². The second-order valence-electron chi connectivity index (χ2n) is 9.46. The van der Waals surface area contributed by atoms with Crippen LogP contribution in [0.4, 0.5) is 0 Å². The summed E-state index contributed by atoms with van der Waals surface area (Å²) in [5.74, 6) is 0. The first kappa shape index (κ1) is 27.5. The lowest BCUT2D eigenvalue weighted by Gasteiger charge is -2.46. The van der Waals surface area contributed by atoms with Crippen LogP contribution in [0.3, 0.4) is 0 Å². The number of benzene rings is 3. The van der Waals surface area contributed by atoms with Crippen LogP contribution >= 0.6 is 0 Å². The minimum atomic E-state index is -0.530. The third-order valence-electron chi connectivity index (χ3n) is 6.63. The van der Waals surface area contributed by atoms with Gasteiger partial charge < -0.3 is 23.7 Å². The molecule has 0 bridgehead atoms. The van der Waals surface area contributed by atoms with Crippen molar-refractivity contribution in [3.63, 3.8) is 0 Å². The zero-order valence-corrected chi connectivity index (χ0v) is 22.0. The molecule has 0 aromatic heterocycles. The molecule has 0 amide bonds. The smallest absolute Gasteiger partial charge is 0.186 e. The van der Waals surface area contributed by atoms with E-state index in [2.05, 4.69) is 50.2 Å². The number of rotatable bonds is 14. The van der Waals surface area contributed by atoms with Crippen LogP contribution in [0.2, 0.25) is 0 Å². The first-order chi connectivity index (χ1) is 18.3. The van der Waals surface area contributed by atoms with Gasteiger partial charge in [0.1, 0.15) is 18.3 Å². The van der Waals surface area contributed by atoms with Crippen LogP contribution in [-0.4, -0.2) is 37.3 Å². The highest BCUT2D eigenvalue weighted by Crippen LogP contribution is 2.32. The molecule has 1 aliphatic heterocycles. The van der Waals surface area contributed by atoms with E-state index in [9.17, 15) is 0 Å². The van der Waals surface area contributed by atoms with E-state index in [0.717, 1.165) is 36.0 Å². The van der Waals surface area contributed by atoms with Crippen molar-refractivity contribution >= 4 is 0 Å². The summed E-state index contributed by atoms with van der Waals surface area (Å²) >= 11 is 0. The Morgan fingerprint density at radius 3 is 1.49 bits per heavy atom. The Hall–Kier alpha value is -2.54. The van der Waals surface area contributed by atoms with Gasteiger partial charge in [-0.1, -0.05) is 111 Å². The van der Waals surface area contributed by atoms with E-state index in [1.165, 1.54) is 0 Å². The molecule has 0 saturated carbocycles. The van der Waals surface area contributed by atoms with Crippen LogP contribution in [0, 0.1) is 0 Å². The molecule has 198 valence electrons. The molecule has 5 nitrogen and oxygen atoms in total. The Bertz CT molecular complexity index is 997. The molecule has 5 heteroatoms. The molecular formula is C32H40O5. The van der Waals surface area contributed by atoms with E-state index in [1.54, 1.807) is 0 Å². The number of hydrogen-bond donors (Lipinski definition) is 0. The molecule has 1 fully saturated rings. The fourth-order valence-electron chi connectivity index (χ4n) is 4.55. The zero-order valence-electron chi connectivity index (χ0n) is 22.0. The maximum atomic E-state index is 6.63. The fraction of sp³-hybridized carbons (Fsp3) is 0.438. The number of unbranched alkanes of at least 4 members (excludes halogenated alkanes) is 1. The number of hydrogen-bond acceptors (Lipinski definition) is 5. The minimum Gasteiger partial charge on any atom is -0.368 e. The van der Waals surface area contributed by atoms with E-state index in [-0.39, 0.29) is 18.3 Å². The summed E-state index contributed by atoms with van der Waals surface area (Å²) in [6.45, 7) is 6.26. The topological polar surface area (TPSA) is 46.2 Å². The summed E-state index contributed by atoms with van der Waals surface area (Å²) in [6, 6.07) is 30.6. The van der Waals surface area contributed by atoms with E-state index < -0.39 is 12.4 Å². The van der Waals surface area contributed by atoms with Gasteiger partial charge >= 0.3 is 0 Å². The normalized spacial score (nSPS) is 23.7. The zero-order chi connectivity index (χ0) is 25.7. The summed E-state index contributed by atoms with van der Waals surface area (Å²) in [5.41, 5.74) is 3.31. The van der Waals surface area contributed by atoms with Crippen LogP contribution in [0.15, 0.2) is 91.0 Å². The molecule has 1 heterocycles. The van der Waals surface area contributed by atoms with Gasteiger partial charge in [-0.2, -0.15) is 0 Å². The van der Waals surface area contributed by atoms with Gasteiger partial charge in [0.2, 0.25) is 0 Å². The molecule has 4 rings (SSSR count). The molecule has 0 radical (unpaired) electrons. The summed E-state index contributed by atoms with van der Waals surface area (Å²) in [4.78, 5) is 0. The highest BCUT2D eigenvalue weighted by Gasteiger charge is 2.48. The van der Waals surface area contributed by atoms with Crippen molar-refractivity contribution in [1.82, 2.24) is 0 Å². The Morgan fingerprint density at radius 1 is 0.568 bits per heavy atom. The SMILES string of the molecule is CCCCO[C@H]1O[C@H](CC)[C@@H](OCc2ccccc2)[C@H](OCc2ccccc2)[C@H]1OCc1ccccc1. The van der Waals surface area contributed by atoms with Crippen LogP contribution < -0.4 is 0 Å². The Labute approximate surface area is 221 Å². The predicted octanol–water partition coefficient (Wildman–Crippen LogP) is 6.69. The van der Waals surface area contributed by atoms with E-state index >= 15 is 0 Å².